The van der Waals surface area contributed by atoms with Gasteiger partial charge in [0.15, 0.2) is 0 Å². The van der Waals surface area contributed by atoms with Crippen molar-refractivity contribution in [3.05, 3.63) is 64.5 Å². The number of piperidine rings is 1. The highest BCUT2D eigenvalue weighted by molar-refractivity contribution is 6.33. The summed E-state index contributed by atoms with van der Waals surface area (Å²) < 4.78 is 0. The van der Waals surface area contributed by atoms with Crippen LogP contribution in [0.15, 0.2) is 48.9 Å². The third-order valence-electron chi connectivity index (χ3n) is 8.12. The highest BCUT2D eigenvalue weighted by atomic mass is 35.5. The zero-order valence-corrected chi connectivity index (χ0v) is 24.6. The van der Waals surface area contributed by atoms with Gasteiger partial charge in [0.05, 0.1) is 5.02 Å². The van der Waals surface area contributed by atoms with Crippen molar-refractivity contribution in [2.75, 3.05) is 37.6 Å². The number of pyridine rings is 1. The van der Waals surface area contributed by atoms with E-state index in [9.17, 15) is 4.79 Å². The largest absolute Gasteiger partial charge is 0.356 e. The van der Waals surface area contributed by atoms with Crippen LogP contribution in [0.4, 0.5) is 5.82 Å². The second-order valence-corrected chi connectivity index (χ2v) is 11.7. The Kier molecular flexibility index (Phi) is 9.97. The number of nitrogens with one attached hydrogen (secondary N) is 2. The van der Waals surface area contributed by atoms with Crippen molar-refractivity contribution in [1.29, 1.82) is 0 Å². The summed E-state index contributed by atoms with van der Waals surface area (Å²) in [6, 6.07) is 11.9. The molecule has 2 aliphatic heterocycles. The molecule has 10 heteroatoms. The fourth-order valence-corrected chi connectivity index (χ4v) is 6.14. The van der Waals surface area contributed by atoms with Gasteiger partial charge in [0.25, 0.3) is 0 Å². The van der Waals surface area contributed by atoms with Gasteiger partial charge in [-0.3, -0.25) is 14.6 Å². The molecule has 4 heterocycles. The number of carbonyl (C=O) groups is 1. The highest BCUT2D eigenvalue weighted by Crippen LogP contribution is 2.31. The Morgan fingerprint density at radius 3 is 2.42 bits per heavy atom. The number of aromatic amines is 1. The number of carbonyl (C=O) groups excluding carboxylic acids is 1. The van der Waals surface area contributed by atoms with E-state index in [1.165, 1.54) is 31.2 Å². The molecule has 6 rings (SSSR count). The van der Waals surface area contributed by atoms with Crippen molar-refractivity contribution in [2.24, 2.45) is 0 Å². The number of imidazole rings is 1. The molecule has 8 nitrogen and oxygen atoms in total. The molecular formula is C30H39Cl2N7O. The van der Waals surface area contributed by atoms with Gasteiger partial charge in [-0.25, -0.2) is 9.97 Å². The summed E-state index contributed by atoms with van der Waals surface area (Å²) in [6.07, 6.45) is 12.1. The molecule has 1 aromatic carbocycles. The standard InChI is InChI=1S/C26H32Cl2N6.C4H7NO/c1-2-22-18-33(26-24(28)15-20(16-31-26)25-29-9-10-30-25)13-14-34(22)23-7-11-32(12-8-23)17-19-3-5-21(27)6-4-19;6-3-5-4-1-2-4/h3-6,9-10,15-16,22-23H,2,7-8,11-14,17-18H2,1H3,(H,29,30);3-4H,1-2H2,(H,5,6). The maximum Gasteiger partial charge on any atom is 0.207 e. The number of anilines is 1. The fraction of sp³-hybridized carbons (Fsp3) is 0.500. The number of likely N-dealkylation sites (tertiary alicyclic amines) is 1. The minimum Gasteiger partial charge on any atom is -0.356 e. The second-order valence-electron chi connectivity index (χ2n) is 10.9. The number of hydrogen-bond donors (Lipinski definition) is 2. The Bertz CT molecular complexity index is 1210. The van der Waals surface area contributed by atoms with Crippen LogP contribution in [-0.2, 0) is 11.3 Å². The lowest BCUT2D eigenvalue weighted by atomic mass is 9.98. The van der Waals surface area contributed by atoms with Crippen molar-refractivity contribution >= 4 is 35.4 Å². The molecule has 2 N–H and O–H groups in total. The van der Waals surface area contributed by atoms with Crippen LogP contribution in [0.3, 0.4) is 0 Å². The van der Waals surface area contributed by atoms with Gasteiger partial charge in [0.1, 0.15) is 11.6 Å². The van der Waals surface area contributed by atoms with Crippen molar-refractivity contribution in [3.63, 3.8) is 0 Å². The maximum absolute atomic E-state index is 9.54. The lowest BCUT2D eigenvalue weighted by Crippen LogP contribution is -2.58. The Morgan fingerprint density at radius 2 is 1.82 bits per heavy atom. The quantitative estimate of drug-likeness (QED) is 0.353. The number of amides is 1. The van der Waals surface area contributed by atoms with E-state index in [1.807, 2.05) is 30.6 Å². The molecule has 2 aromatic heterocycles. The Morgan fingerprint density at radius 1 is 1.05 bits per heavy atom. The van der Waals surface area contributed by atoms with Crippen LogP contribution in [-0.4, -0.2) is 82.0 Å². The topological polar surface area (TPSA) is 80.4 Å². The van der Waals surface area contributed by atoms with Gasteiger partial charge >= 0.3 is 0 Å². The summed E-state index contributed by atoms with van der Waals surface area (Å²) in [6.45, 7) is 8.57. The summed E-state index contributed by atoms with van der Waals surface area (Å²) in [7, 11) is 0. The lowest BCUT2D eigenvalue weighted by Gasteiger charge is -2.47. The van der Waals surface area contributed by atoms with E-state index in [0.29, 0.717) is 23.1 Å². The fourth-order valence-electron chi connectivity index (χ4n) is 5.73. The number of H-pyrrole nitrogens is 1. The van der Waals surface area contributed by atoms with Crippen molar-refractivity contribution in [2.45, 2.75) is 63.7 Å². The zero-order valence-electron chi connectivity index (χ0n) is 23.1. The van der Waals surface area contributed by atoms with Crippen LogP contribution in [0.5, 0.6) is 0 Å². The average Bonchev–Trinajstić information content (AvgIpc) is 3.63. The van der Waals surface area contributed by atoms with Crippen LogP contribution in [0, 0.1) is 0 Å². The van der Waals surface area contributed by atoms with Crippen molar-refractivity contribution in [1.82, 2.24) is 30.1 Å². The zero-order chi connectivity index (χ0) is 27.9. The summed E-state index contributed by atoms with van der Waals surface area (Å²) in [5.74, 6) is 1.67. The average molecular weight is 585 g/mol. The molecule has 0 spiro atoms. The third-order valence-corrected chi connectivity index (χ3v) is 8.65. The summed E-state index contributed by atoms with van der Waals surface area (Å²) in [5, 5.41) is 4.13. The van der Waals surface area contributed by atoms with E-state index in [-0.39, 0.29) is 0 Å². The van der Waals surface area contributed by atoms with Crippen molar-refractivity contribution in [3.8, 4) is 11.4 Å². The molecule has 1 saturated carbocycles. The first kappa shape index (κ1) is 28.9. The van der Waals surface area contributed by atoms with E-state index in [0.717, 1.165) is 74.3 Å². The smallest absolute Gasteiger partial charge is 0.207 e. The van der Waals surface area contributed by atoms with E-state index in [4.69, 9.17) is 28.2 Å². The van der Waals surface area contributed by atoms with E-state index in [2.05, 4.69) is 49.0 Å². The molecule has 1 amide bonds. The molecule has 3 aliphatic rings. The molecule has 1 unspecified atom stereocenters. The van der Waals surface area contributed by atoms with Gasteiger partial charge in [0.2, 0.25) is 6.41 Å². The number of halogens is 2. The van der Waals surface area contributed by atoms with Crippen LogP contribution >= 0.6 is 23.2 Å². The van der Waals surface area contributed by atoms with Crippen molar-refractivity contribution < 1.29 is 4.79 Å². The van der Waals surface area contributed by atoms with Gasteiger partial charge in [0, 0.05) is 73.5 Å². The number of aromatic nitrogens is 3. The Balaban J connectivity index is 0.000000477. The SMILES string of the molecule is CCC1CN(c2ncc(-c3ncc[nH]3)cc2Cl)CCN1C1CCN(Cc2ccc(Cl)cc2)CC1.O=CNC1CC1. The summed E-state index contributed by atoms with van der Waals surface area (Å²) in [5.41, 5.74) is 2.25. The number of hydrogen-bond acceptors (Lipinski definition) is 6. The summed E-state index contributed by atoms with van der Waals surface area (Å²) >= 11 is 12.7. The van der Waals surface area contributed by atoms with Crippen LogP contribution < -0.4 is 10.2 Å². The van der Waals surface area contributed by atoms with Crippen LogP contribution in [0.1, 0.15) is 44.6 Å². The Hall–Kier alpha value is -2.65. The molecule has 0 radical (unpaired) electrons. The predicted molar refractivity (Wildman–Crippen MR) is 162 cm³/mol. The van der Waals surface area contributed by atoms with Gasteiger partial charge in [-0.1, -0.05) is 42.3 Å². The number of piperazine rings is 1. The van der Waals surface area contributed by atoms with Crippen LogP contribution in [0.2, 0.25) is 10.0 Å². The second kappa shape index (κ2) is 13.8. The monoisotopic (exact) mass is 583 g/mol. The predicted octanol–water partition coefficient (Wildman–Crippen LogP) is 5.24. The minimum atomic E-state index is 0.518. The number of benzene rings is 1. The van der Waals surface area contributed by atoms with E-state index >= 15 is 0 Å². The Labute approximate surface area is 247 Å². The third kappa shape index (κ3) is 7.55. The normalized spacial score (nSPS) is 20.6. The van der Waals surface area contributed by atoms with Gasteiger partial charge in [-0.05, 0) is 69.0 Å². The molecule has 3 aromatic rings. The first-order chi connectivity index (χ1) is 19.5. The first-order valence-corrected chi connectivity index (χ1v) is 15.1. The van der Waals surface area contributed by atoms with E-state index in [1.54, 1.807) is 6.20 Å². The van der Waals surface area contributed by atoms with Gasteiger partial charge in [-0.15, -0.1) is 0 Å². The van der Waals surface area contributed by atoms with E-state index < -0.39 is 0 Å². The molecule has 0 bridgehead atoms. The lowest BCUT2D eigenvalue weighted by molar-refractivity contribution is -0.109. The number of nitrogens with zero attached hydrogens (tertiary/aromatic N) is 5. The molecule has 3 fully saturated rings. The van der Waals surface area contributed by atoms with Gasteiger partial charge in [-0.2, -0.15) is 0 Å². The number of rotatable bonds is 8. The molecule has 1 aliphatic carbocycles. The summed E-state index contributed by atoms with van der Waals surface area (Å²) in [4.78, 5) is 29.4. The molecule has 40 heavy (non-hydrogen) atoms. The van der Waals surface area contributed by atoms with Gasteiger partial charge < -0.3 is 15.2 Å². The van der Waals surface area contributed by atoms with Crippen LogP contribution in [0.25, 0.3) is 11.4 Å². The molecule has 2 saturated heterocycles. The minimum absolute atomic E-state index is 0.518. The molecular weight excluding hydrogens is 545 g/mol. The maximum atomic E-state index is 9.54. The highest BCUT2D eigenvalue weighted by Gasteiger charge is 2.34. The first-order valence-electron chi connectivity index (χ1n) is 14.4. The molecule has 1 atom stereocenters. The molecule has 214 valence electrons.